The van der Waals surface area contributed by atoms with E-state index in [0.717, 1.165) is 25.3 Å². The molecule has 4 heteroatoms. The van der Waals surface area contributed by atoms with Crippen LogP contribution >= 0.6 is 11.3 Å². The molecule has 0 bridgehead atoms. The summed E-state index contributed by atoms with van der Waals surface area (Å²) in [4.78, 5) is 4.50. The Balaban J connectivity index is 1.86. The number of nitrogens with zero attached hydrogens (tertiary/aromatic N) is 1. The zero-order valence-electron chi connectivity index (χ0n) is 10.1. The number of nitrogens with one attached hydrogen (secondary N) is 2. The van der Waals surface area contributed by atoms with Crippen LogP contribution in [0.15, 0.2) is 16.5 Å². The van der Waals surface area contributed by atoms with Gasteiger partial charge in [0.2, 0.25) is 0 Å². The molecule has 1 fully saturated rings. The molecule has 2 heterocycles. The van der Waals surface area contributed by atoms with Crippen molar-refractivity contribution in [3.8, 4) is 0 Å². The van der Waals surface area contributed by atoms with Crippen LogP contribution in [0.25, 0.3) is 0 Å². The van der Waals surface area contributed by atoms with Crippen LogP contribution in [0.1, 0.15) is 30.6 Å². The van der Waals surface area contributed by atoms with Crippen LogP contribution < -0.4 is 10.6 Å². The van der Waals surface area contributed by atoms with Crippen LogP contribution in [0.4, 0.5) is 0 Å². The molecular formula is C12H19N3S. The van der Waals surface area contributed by atoms with Gasteiger partial charge in [-0.1, -0.05) is 5.57 Å². The summed E-state index contributed by atoms with van der Waals surface area (Å²) in [6.07, 6.45) is 0. The summed E-state index contributed by atoms with van der Waals surface area (Å²) >= 11 is 1.74. The first kappa shape index (κ1) is 11.8. The van der Waals surface area contributed by atoms with Crippen molar-refractivity contribution in [2.75, 3.05) is 19.6 Å². The summed E-state index contributed by atoms with van der Waals surface area (Å²) in [5.74, 6) is 0. The highest BCUT2D eigenvalue weighted by Crippen LogP contribution is 2.18. The van der Waals surface area contributed by atoms with Crippen molar-refractivity contribution in [1.82, 2.24) is 15.6 Å². The van der Waals surface area contributed by atoms with Gasteiger partial charge in [-0.3, -0.25) is 0 Å². The Bertz CT molecular complexity index is 389. The molecule has 1 aliphatic rings. The Morgan fingerprint density at radius 2 is 2.38 bits per heavy atom. The van der Waals surface area contributed by atoms with Gasteiger partial charge in [-0.2, -0.15) is 0 Å². The lowest BCUT2D eigenvalue weighted by Gasteiger charge is -2.23. The first-order valence-corrected chi connectivity index (χ1v) is 6.58. The minimum absolute atomic E-state index is 0.349. The lowest BCUT2D eigenvalue weighted by Crippen LogP contribution is -2.36. The molecule has 3 nitrogen and oxygen atoms in total. The molecule has 1 aliphatic heterocycles. The van der Waals surface area contributed by atoms with Crippen LogP contribution in [-0.4, -0.2) is 24.6 Å². The van der Waals surface area contributed by atoms with E-state index in [-0.39, 0.29) is 0 Å². The van der Waals surface area contributed by atoms with E-state index < -0.39 is 0 Å². The molecule has 0 spiro atoms. The van der Waals surface area contributed by atoms with E-state index in [9.17, 15) is 0 Å². The predicted octanol–water partition coefficient (Wildman–Crippen LogP) is 2.02. The third-order valence-corrected chi connectivity index (χ3v) is 4.11. The van der Waals surface area contributed by atoms with Crippen molar-refractivity contribution >= 4 is 11.3 Å². The van der Waals surface area contributed by atoms with Gasteiger partial charge in [0.25, 0.3) is 0 Å². The minimum atomic E-state index is 0.349. The quantitative estimate of drug-likeness (QED) is 0.787. The Kier molecular flexibility index (Phi) is 3.74. The molecule has 1 saturated heterocycles. The SMILES string of the molecule is CC(CNC(C)c1nc(C)cs1)=C1CNC1. The molecule has 0 aromatic carbocycles. The summed E-state index contributed by atoms with van der Waals surface area (Å²) in [7, 11) is 0. The summed E-state index contributed by atoms with van der Waals surface area (Å²) in [5.41, 5.74) is 4.14. The Morgan fingerprint density at radius 1 is 1.62 bits per heavy atom. The van der Waals surface area contributed by atoms with Gasteiger partial charge in [-0.25, -0.2) is 4.98 Å². The van der Waals surface area contributed by atoms with Crippen molar-refractivity contribution in [1.29, 1.82) is 0 Å². The third-order valence-electron chi connectivity index (χ3n) is 2.96. The van der Waals surface area contributed by atoms with Crippen molar-refractivity contribution in [3.63, 3.8) is 0 Å². The second-order valence-electron chi connectivity index (χ2n) is 4.42. The molecule has 1 aromatic heterocycles. The average molecular weight is 237 g/mol. The summed E-state index contributed by atoms with van der Waals surface area (Å²) in [6, 6.07) is 0.349. The normalized spacial score (nSPS) is 17.1. The van der Waals surface area contributed by atoms with E-state index in [1.807, 2.05) is 6.92 Å². The molecule has 0 radical (unpaired) electrons. The zero-order chi connectivity index (χ0) is 11.5. The zero-order valence-corrected chi connectivity index (χ0v) is 10.9. The van der Waals surface area contributed by atoms with E-state index in [2.05, 4.69) is 34.8 Å². The number of hydrogen-bond acceptors (Lipinski definition) is 4. The summed E-state index contributed by atoms with van der Waals surface area (Å²) < 4.78 is 0. The van der Waals surface area contributed by atoms with Crippen LogP contribution in [0.2, 0.25) is 0 Å². The second kappa shape index (κ2) is 5.08. The van der Waals surface area contributed by atoms with Gasteiger partial charge in [-0.05, 0) is 26.3 Å². The molecule has 1 aromatic rings. The van der Waals surface area contributed by atoms with Crippen LogP contribution in [0, 0.1) is 6.92 Å². The largest absolute Gasteiger partial charge is 0.309 e. The number of rotatable bonds is 4. The molecular weight excluding hydrogens is 218 g/mol. The van der Waals surface area contributed by atoms with Crippen LogP contribution in [-0.2, 0) is 0 Å². The standard InChI is InChI=1S/C12H19N3S/c1-8(11-5-13-6-11)4-14-10(3)12-15-9(2)7-16-12/h7,10,13-14H,4-6H2,1-3H3. The fraction of sp³-hybridized carbons (Fsp3) is 0.583. The van der Waals surface area contributed by atoms with E-state index in [1.54, 1.807) is 16.9 Å². The Labute approximate surface area is 101 Å². The fourth-order valence-electron chi connectivity index (χ4n) is 1.64. The molecule has 16 heavy (non-hydrogen) atoms. The molecule has 1 atom stereocenters. The van der Waals surface area contributed by atoms with Gasteiger partial charge >= 0.3 is 0 Å². The van der Waals surface area contributed by atoms with Crippen molar-refractivity contribution in [2.45, 2.75) is 26.8 Å². The summed E-state index contributed by atoms with van der Waals surface area (Å²) in [5, 5.41) is 10.1. The van der Waals surface area contributed by atoms with Gasteiger partial charge in [-0.15, -0.1) is 11.3 Å². The van der Waals surface area contributed by atoms with E-state index >= 15 is 0 Å². The highest BCUT2D eigenvalue weighted by molar-refractivity contribution is 7.09. The van der Waals surface area contributed by atoms with Crippen molar-refractivity contribution in [3.05, 3.63) is 27.2 Å². The van der Waals surface area contributed by atoms with E-state index in [1.165, 1.54) is 10.6 Å². The fourth-order valence-corrected chi connectivity index (χ4v) is 2.47. The average Bonchev–Trinajstić information content (AvgIpc) is 2.58. The molecule has 2 N–H and O–H groups in total. The Morgan fingerprint density at radius 3 is 2.88 bits per heavy atom. The first-order valence-electron chi connectivity index (χ1n) is 5.70. The van der Waals surface area contributed by atoms with Crippen LogP contribution in [0.5, 0.6) is 0 Å². The number of hydrogen-bond donors (Lipinski definition) is 2. The number of aryl methyl sites for hydroxylation is 1. The molecule has 88 valence electrons. The lowest BCUT2D eigenvalue weighted by molar-refractivity contribution is 0.586. The van der Waals surface area contributed by atoms with E-state index in [4.69, 9.17) is 0 Å². The number of aromatic nitrogens is 1. The summed E-state index contributed by atoms with van der Waals surface area (Å²) in [6.45, 7) is 9.53. The molecule has 0 amide bonds. The molecule has 0 saturated carbocycles. The molecule has 2 rings (SSSR count). The van der Waals surface area contributed by atoms with Gasteiger partial charge < -0.3 is 10.6 Å². The monoisotopic (exact) mass is 237 g/mol. The number of thiazole rings is 1. The Hall–Kier alpha value is -0.710. The maximum absolute atomic E-state index is 4.50. The van der Waals surface area contributed by atoms with Gasteiger partial charge in [0.05, 0.1) is 6.04 Å². The van der Waals surface area contributed by atoms with Crippen LogP contribution in [0.3, 0.4) is 0 Å². The highest BCUT2D eigenvalue weighted by atomic mass is 32.1. The lowest BCUT2D eigenvalue weighted by atomic mass is 10.0. The maximum Gasteiger partial charge on any atom is 0.110 e. The van der Waals surface area contributed by atoms with E-state index in [0.29, 0.717) is 6.04 Å². The predicted molar refractivity (Wildman–Crippen MR) is 68.8 cm³/mol. The topological polar surface area (TPSA) is 37.0 Å². The third kappa shape index (κ3) is 2.70. The van der Waals surface area contributed by atoms with Gasteiger partial charge in [0.1, 0.15) is 5.01 Å². The van der Waals surface area contributed by atoms with Gasteiger partial charge in [0.15, 0.2) is 0 Å². The molecule has 1 unspecified atom stereocenters. The maximum atomic E-state index is 4.50. The second-order valence-corrected chi connectivity index (χ2v) is 5.31. The van der Waals surface area contributed by atoms with Gasteiger partial charge in [0, 0.05) is 30.7 Å². The first-order chi connectivity index (χ1) is 7.66. The highest BCUT2D eigenvalue weighted by Gasteiger charge is 2.12. The smallest absolute Gasteiger partial charge is 0.110 e. The van der Waals surface area contributed by atoms with Crippen molar-refractivity contribution in [2.24, 2.45) is 0 Å². The molecule has 0 aliphatic carbocycles. The van der Waals surface area contributed by atoms with Crippen molar-refractivity contribution < 1.29 is 0 Å². The minimum Gasteiger partial charge on any atom is -0.309 e.